The van der Waals surface area contributed by atoms with Crippen molar-refractivity contribution in [3.8, 4) is 0 Å². The predicted molar refractivity (Wildman–Crippen MR) is 43.5 cm³/mol. The molecule has 0 aromatic rings. The molecule has 0 unspecified atom stereocenters. The van der Waals surface area contributed by atoms with Gasteiger partial charge < -0.3 is 5.11 Å². The zero-order valence-electron chi connectivity index (χ0n) is 6.92. The van der Waals surface area contributed by atoms with Crippen molar-refractivity contribution in [3.63, 3.8) is 0 Å². The van der Waals surface area contributed by atoms with E-state index in [1.54, 1.807) is 12.2 Å². The molecule has 0 radical (unpaired) electrons. The molecule has 0 spiro atoms. The maximum absolute atomic E-state index is 11.6. The molecule has 2 fully saturated rings. The molecule has 2 saturated carbocycles. The van der Waals surface area contributed by atoms with E-state index in [4.69, 9.17) is 0 Å². The quantitative estimate of drug-likeness (QED) is 0.581. The number of aliphatic hydroxyl groups excluding tert-OH is 1. The highest BCUT2D eigenvalue weighted by Crippen LogP contribution is 2.76. The van der Waals surface area contributed by atoms with Gasteiger partial charge in [-0.1, -0.05) is 12.5 Å². The number of hydrogen-bond donors (Lipinski definition) is 1. The molecule has 0 saturated heterocycles. The molecule has 3 atom stereocenters. The highest BCUT2D eigenvalue weighted by molar-refractivity contribution is 6.00. The van der Waals surface area contributed by atoms with Crippen LogP contribution in [-0.2, 0) is 4.79 Å². The van der Waals surface area contributed by atoms with Crippen LogP contribution in [0.2, 0.25) is 0 Å². The second kappa shape index (κ2) is 1.67. The standard InChI is InChI=1S/C10H12O2/c11-7-2-3-8(12)10-5-1-4-9(7,10)6-10/h2-3,7,11H,1,4-6H2/t7-,9+,10-/m0/s1. The van der Waals surface area contributed by atoms with Crippen LogP contribution in [-0.4, -0.2) is 17.0 Å². The van der Waals surface area contributed by atoms with Crippen molar-refractivity contribution in [1.29, 1.82) is 0 Å². The Bertz CT molecular complexity index is 294. The van der Waals surface area contributed by atoms with Crippen LogP contribution in [0.1, 0.15) is 25.7 Å². The Hall–Kier alpha value is -0.630. The summed E-state index contributed by atoms with van der Waals surface area (Å²) in [5.41, 5.74) is -0.125. The van der Waals surface area contributed by atoms with Gasteiger partial charge in [-0.15, -0.1) is 0 Å². The van der Waals surface area contributed by atoms with E-state index >= 15 is 0 Å². The Morgan fingerprint density at radius 2 is 2.33 bits per heavy atom. The number of carbonyl (C=O) groups is 1. The summed E-state index contributed by atoms with van der Waals surface area (Å²) in [4.78, 5) is 11.6. The third-order valence-corrected chi connectivity index (χ3v) is 4.14. The van der Waals surface area contributed by atoms with E-state index in [9.17, 15) is 9.90 Å². The second-order valence-electron chi connectivity index (χ2n) is 4.44. The third-order valence-electron chi connectivity index (χ3n) is 4.14. The van der Waals surface area contributed by atoms with Crippen LogP contribution in [0.3, 0.4) is 0 Å². The molecule has 0 aliphatic heterocycles. The van der Waals surface area contributed by atoms with Crippen molar-refractivity contribution < 1.29 is 9.90 Å². The van der Waals surface area contributed by atoms with Crippen molar-refractivity contribution in [2.24, 2.45) is 10.8 Å². The summed E-state index contributed by atoms with van der Waals surface area (Å²) in [5, 5.41) is 9.75. The first-order chi connectivity index (χ1) is 5.71. The molecule has 0 aromatic heterocycles. The smallest absolute Gasteiger partial charge is 0.162 e. The lowest BCUT2D eigenvalue weighted by molar-refractivity contribution is -0.121. The summed E-state index contributed by atoms with van der Waals surface area (Å²) in [7, 11) is 0. The highest BCUT2D eigenvalue weighted by atomic mass is 16.3. The first kappa shape index (κ1) is 6.84. The molecule has 3 rings (SSSR count). The Morgan fingerprint density at radius 3 is 3.08 bits per heavy atom. The van der Waals surface area contributed by atoms with Crippen molar-refractivity contribution in [2.45, 2.75) is 31.8 Å². The van der Waals surface area contributed by atoms with Crippen molar-refractivity contribution >= 4 is 5.78 Å². The largest absolute Gasteiger partial charge is 0.388 e. The monoisotopic (exact) mass is 164 g/mol. The predicted octanol–water partition coefficient (Wildman–Crippen LogP) is 1.05. The van der Waals surface area contributed by atoms with Gasteiger partial charge in [-0.2, -0.15) is 0 Å². The first-order valence-electron chi connectivity index (χ1n) is 4.62. The van der Waals surface area contributed by atoms with Crippen molar-refractivity contribution in [1.82, 2.24) is 0 Å². The molecule has 64 valence electrons. The number of rotatable bonds is 0. The second-order valence-corrected chi connectivity index (χ2v) is 4.44. The van der Waals surface area contributed by atoms with Crippen molar-refractivity contribution in [3.05, 3.63) is 12.2 Å². The number of hydrogen-bond acceptors (Lipinski definition) is 2. The van der Waals surface area contributed by atoms with Gasteiger partial charge in [-0.25, -0.2) is 0 Å². The summed E-state index contributed by atoms with van der Waals surface area (Å²) in [6, 6.07) is 0. The average Bonchev–Trinajstić information content (AvgIpc) is 2.61. The lowest BCUT2D eigenvalue weighted by Crippen LogP contribution is -2.30. The SMILES string of the molecule is O=C1C=C[C@H](O)[C@]23CCC[C@]12C3. The molecule has 3 aliphatic carbocycles. The molecular weight excluding hydrogens is 152 g/mol. The maximum Gasteiger partial charge on any atom is 0.162 e. The van der Waals surface area contributed by atoms with E-state index in [-0.39, 0.29) is 22.7 Å². The van der Waals surface area contributed by atoms with Crippen molar-refractivity contribution in [2.75, 3.05) is 0 Å². The van der Waals surface area contributed by atoms with E-state index in [1.807, 2.05) is 0 Å². The van der Waals surface area contributed by atoms with E-state index in [0.29, 0.717) is 0 Å². The van der Waals surface area contributed by atoms with E-state index < -0.39 is 0 Å². The van der Waals surface area contributed by atoms with Crippen LogP contribution in [0.5, 0.6) is 0 Å². The fraction of sp³-hybridized carbons (Fsp3) is 0.700. The van der Waals surface area contributed by atoms with Gasteiger partial charge in [0, 0.05) is 10.8 Å². The lowest BCUT2D eigenvalue weighted by atomic mass is 9.83. The molecule has 1 N–H and O–H groups in total. The topological polar surface area (TPSA) is 37.3 Å². The van der Waals surface area contributed by atoms with Gasteiger partial charge >= 0.3 is 0 Å². The van der Waals surface area contributed by atoms with Crippen LogP contribution in [0, 0.1) is 10.8 Å². The third kappa shape index (κ3) is 0.470. The zero-order valence-corrected chi connectivity index (χ0v) is 6.92. The molecule has 0 aromatic carbocycles. The van der Waals surface area contributed by atoms with Crippen LogP contribution in [0.25, 0.3) is 0 Å². The minimum atomic E-state index is -0.349. The van der Waals surface area contributed by atoms with Crippen LogP contribution >= 0.6 is 0 Å². The van der Waals surface area contributed by atoms with Gasteiger partial charge in [-0.05, 0) is 25.3 Å². The van der Waals surface area contributed by atoms with E-state index in [0.717, 1.165) is 25.7 Å². The highest BCUT2D eigenvalue weighted by Gasteiger charge is 2.76. The molecular formula is C10H12O2. The van der Waals surface area contributed by atoms with Gasteiger partial charge in [0.15, 0.2) is 5.78 Å². The van der Waals surface area contributed by atoms with Crippen LogP contribution < -0.4 is 0 Å². The summed E-state index contributed by atoms with van der Waals surface area (Å²) in [6.45, 7) is 0. The number of aliphatic hydroxyl groups is 1. The van der Waals surface area contributed by atoms with Gasteiger partial charge in [0.05, 0.1) is 6.10 Å². The van der Waals surface area contributed by atoms with E-state index in [2.05, 4.69) is 0 Å². The fourth-order valence-corrected chi connectivity index (χ4v) is 3.38. The number of allylic oxidation sites excluding steroid dienone is 1. The Balaban J connectivity index is 2.13. The first-order valence-corrected chi connectivity index (χ1v) is 4.62. The molecule has 2 heteroatoms. The molecule has 3 aliphatic rings. The molecule has 0 amide bonds. The molecule has 0 bridgehead atoms. The normalized spacial score (nSPS) is 55.1. The zero-order chi connectivity index (χ0) is 8.40. The average molecular weight is 164 g/mol. The number of carbonyl (C=O) groups excluding carboxylic acids is 1. The Labute approximate surface area is 71.3 Å². The molecule has 12 heavy (non-hydrogen) atoms. The van der Waals surface area contributed by atoms with Gasteiger partial charge in [0.2, 0.25) is 0 Å². The minimum Gasteiger partial charge on any atom is -0.388 e. The summed E-state index contributed by atoms with van der Waals surface area (Å²) >= 11 is 0. The maximum atomic E-state index is 11.6. The molecule has 0 heterocycles. The van der Waals surface area contributed by atoms with Gasteiger partial charge in [0.25, 0.3) is 0 Å². The van der Waals surface area contributed by atoms with Gasteiger partial charge in [-0.3, -0.25) is 4.79 Å². The summed E-state index contributed by atoms with van der Waals surface area (Å²) < 4.78 is 0. The Morgan fingerprint density at radius 1 is 1.50 bits per heavy atom. The van der Waals surface area contributed by atoms with Crippen LogP contribution in [0.4, 0.5) is 0 Å². The Kier molecular flexibility index (Phi) is 0.950. The fourth-order valence-electron chi connectivity index (χ4n) is 3.38. The summed E-state index contributed by atoms with van der Waals surface area (Å²) in [5.74, 6) is 0.269. The minimum absolute atomic E-state index is 0.0150. The van der Waals surface area contributed by atoms with Crippen LogP contribution in [0.15, 0.2) is 12.2 Å². The molecule has 2 nitrogen and oxygen atoms in total. The van der Waals surface area contributed by atoms with Gasteiger partial charge in [0.1, 0.15) is 0 Å². The summed E-state index contributed by atoms with van der Waals surface area (Å²) in [6.07, 6.45) is 7.02. The van der Waals surface area contributed by atoms with E-state index in [1.165, 1.54) is 0 Å². The number of ketones is 1. The lowest BCUT2D eigenvalue weighted by Gasteiger charge is -2.23.